The van der Waals surface area contributed by atoms with E-state index in [1.165, 1.54) is 99.1 Å². The lowest BCUT2D eigenvalue weighted by atomic mass is 9.80. The average molecular weight is 583 g/mol. The molecule has 2 aliphatic carbocycles. The fourth-order valence-electron chi connectivity index (χ4n) is 8.49. The number of rotatable bonds is 3. The van der Waals surface area contributed by atoms with Crippen LogP contribution in [0.4, 0.5) is 0 Å². The van der Waals surface area contributed by atoms with E-state index in [0.29, 0.717) is 0 Å². The molecule has 0 fully saturated rings. The summed E-state index contributed by atoms with van der Waals surface area (Å²) in [7, 11) is 0. The van der Waals surface area contributed by atoms with E-state index in [9.17, 15) is 0 Å². The first kappa shape index (κ1) is 25.6. The lowest BCUT2D eigenvalue weighted by Crippen LogP contribution is -2.03. The van der Waals surface area contributed by atoms with E-state index in [1.807, 2.05) is 0 Å². The molecule has 10 rings (SSSR count). The zero-order chi connectivity index (χ0) is 30.4. The van der Waals surface area contributed by atoms with Crippen molar-refractivity contribution in [1.82, 2.24) is 0 Å². The first-order valence-electron chi connectivity index (χ1n) is 16.2. The summed E-state index contributed by atoms with van der Waals surface area (Å²) in [6.45, 7) is 2.29. The van der Waals surface area contributed by atoms with Gasteiger partial charge in [-0.3, -0.25) is 0 Å². The Kier molecular flexibility index (Phi) is 5.36. The molecule has 8 aromatic carbocycles. The van der Waals surface area contributed by atoms with Gasteiger partial charge in [0.05, 0.1) is 0 Å². The molecule has 0 radical (unpaired) electrons. The van der Waals surface area contributed by atoms with Crippen LogP contribution >= 0.6 is 0 Å². The van der Waals surface area contributed by atoms with Gasteiger partial charge in [0.2, 0.25) is 0 Å². The predicted molar refractivity (Wildman–Crippen MR) is 196 cm³/mol. The molecule has 2 aliphatic rings. The highest BCUT2D eigenvalue weighted by Gasteiger charge is 2.28. The lowest BCUT2D eigenvalue weighted by Gasteiger charge is -2.23. The average Bonchev–Trinajstić information content (AvgIpc) is 3.62. The van der Waals surface area contributed by atoms with Gasteiger partial charge in [-0.1, -0.05) is 145 Å². The number of benzene rings is 8. The van der Waals surface area contributed by atoms with Crippen LogP contribution in [0.15, 0.2) is 157 Å². The van der Waals surface area contributed by atoms with Gasteiger partial charge >= 0.3 is 0 Å². The van der Waals surface area contributed by atoms with Crippen molar-refractivity contribution in [3.05, 3.63) is 174 Å². The molecule has 0 saturated carbocycles. The normalized spacial score (nSPS) is 14.5. The van der Waals surface area contributed by atoms with E-state index in [1.54, 1.807) is 0 Å². The van der Waals surface area contributed by atoms with Gasteiger partial charge in [0, 0.05) is 5.92 Å². The Labute approximate surface area is 268 Å². The van der Waals surface area contributed by atoms with Gasteiger partial charge in [-0.2, -0.15) is 0 Å². The van der Waals surface area contributed by atoms with Crippen molar-refractivity contribution in [3.8, 4) is 44.5 Å². The summed E-state index contributed by atoms with van der Waals surface area (Å²) in [6.07, 6.45) is 2.37. The van der Waals surface area contributed by atoms with Crippen LogP contribution in [0.2, 0.25) is 0 Å². The van der Waals surface area contributed by atoms with Crippen LogP contribution in [-0.2, 0) is 0 Å². The van der Waals surface area contributed by atoms with Crippen molar-refractivity contribution in [3.63, 3.8) is 0 Å². The number of fused-ring (bicyclic) bond motifs is 6. The zero-order valence-corrected chi connectivity index (χ0v) is 25.6. The second-order valence-electron chi connectivity index (χ2n) is 12.9. The zero-order valence-electron chi connectivity index (χ0n) is 25.6. The molecule has 1 atom stereocenters. The molecular formula is C46H30. The maximum absolute atomic E-state index is 2.41. The molecule has 0 aromatic heterocycles. The molecule has 1 unspecified atom stereocenters. The van der Waals surface area contributed by atoms with Gasteiger partial charge in [-0.15, -0.1) is 0 Å². The molecule has 0 aliphatic heterocycles. The SMILES string of the molecule is CC1=Cc2ccccc2C1c1c2ccccc2c(-c2cccc(-c3cc4c5c(cccc5c3)-c3ccccc3-4)c2)c2ccccc12. The standard InChI is InChI=1S/C46H30/c1-28-24-30-12-2-3-16-34(30)43(28)46-40-21-8-6-19-38(40)44(39-20-7-9-22-41(39)46)31-14-10-13-29(25-31)33-26-32-15-11-23-37-35-17-4-5-18-36(35)42(27-33)45(32)37/h2-27,43H,1H3. The van der Waals surface area contributed by atoms with Gasteiger partial charge in [0.1, 0.15) is 0 Å². The molecule has 0 saturated heterocycles. The van der Waals surface area contributed by atoms with Crippen molar-refractivity contribution in [2.75, 3.05) is 0 Å². The molecule has 214 valence electrons. The molecule has 0 spiro atoms. The van der Waals surface area contributed by atoms with Crippen LogP contribution in [-0.4, -0.2) is 0 Å². The molecule has 0 heterocycles. The van der Waals surface area contributed by atoms with Gasteiger partial charge in [0.25, 0.3) is 0 Å². The summed E-state index contributed by atoms with van der Waals surface area (Å²) in [5.41, 5.74) is 16.0. The molecule has 0 N–H and O–H groups in total. The third-order valence-corrected chi connectivity index (χ3v) is 10.4. The fourth-order valence-corrected chi connectivity index (χ4v) is 8.49. The highest BCUT2D eigenvalue weighted by Crippen LogP contribution is 2.51. The third kappa shape index (κ3) is 3.56. The van der Waals surface area contributed by atoms with Crippen LogP contribution < -0.4 is 0 Å². The maximum atomic E-state index is 2.41. The van der Waals surface area contributed by atoms with E-state index in [2.05, 4.69) is 165 Å². The Hall–Kier alpha value is -5.72. The summed E-state index contributed by atoms with van der Waals surface area (Å²) >= 11 is 0. The Morgan fingerprint density at radius 2 is 1.04 bits per heavy atom. The fraction of sp³-hybridized carbons (Fsp3) is 0.0435. The number of hydrogen-bond acceptors (Lipinski definition) is 0. The highest BCUT2D eigenvalue weighted by atomic mass is 14.3. The number of hydrogen-bond donors (Lipinski definition) is 0. The van der Waals surface area contributed by atoms with Gasteiger partial charge in [0.15, 0.2) is 0 Å². The minimum absolute atomic E-state index is 0.240. The van der Waals surface area contributed by atoms with E-state index in [0.717, 1.165) is 0 Å². The summed E-state index contributed by atoms with van der Waals surface area (Å²) in [4.78, 5) is 0. The van der Waals surface area contributed by atoms with Crippen molar-refractivity contribution >= 4 is 38.4 Å². The van der Waals surface area contributed by atoms with Crippen molar-refractivity contribution in [2.45, 2.75) is 12.8 Å². The van der Waals surface area contributed by atoms with E-state index >= 15 is 0 Å². The largest absolute Gasteiger partial charge is 0.0619 e. The molecular weight excluding hydrogens is 553 g/mol. The van der Waals surface area contributed by atoms with Gasteiger partial charge in [-0.25, -0.2) is 0 Å². The van der Waals surface area contributed by atoms with Gasteiger partial charge < -0.3 is 0 Å². The quantitative estimate of drug-likeness (QED) is 0.182. The smallest absolute Gasteiger partial charge is 0.0317 e. The van der Waals surface area contributed by atoms with E-state index < -0.39 is 0 Å². The first-order chi connectivity index (χ1) is 22.7. The molecule has 0 bridgehead atoms. The van der Waals surface area contributed by atoms with Crippen LogP contribution in [0, 0.1) is 0 Å². The van der Waals surface area contributed by atoms with Crippen LogP contribution in [0.1, 0.15) is 29.5 Å². The first-order valence-corrected chi connectivity index (χ1v) is 16.2. The van der Waals surface area contributed by atoms with Crippen LogP contribution in [0.3, 0.4) is 0 Å². The second-order valence-corrected chi connectivity index (χ2v) is 12.9. The molecule has 0 nitrogen and oxygen atoms in total. The molecule has 8 aromatic rings. The Morgan fingerprint density at radius 3 is 1.83 bits per heavy atom. The lowest BCUT2D eigenvalue weighted by molar-refractivity contribution is 0.999. The van der Waals surface area contributed by atoms with Crippen molar-refractivity contribution in [2.24, 2.45) is 0 Å². The Morgan fingerprint density at radius 1 is 0.435 bits per heavy atom. The Balaban J connectivity index is 1.21. The molecule has 0 amide bonds. The second kappa shape index (κ2) is 9.64. The molecule has 0 heteroatoms. The summed E-state index contributed by atoms with van der Waals surface area (Å²) in [5.74, 6) is 0.240. The monoisotopic (exact) mass is 582 g/mol. The minimum Gasteiger partial charge on any atom is -0.0619 e. The van der Waals surface area contributed by atoms with Crippen LogP contribution in [0.25, 0.3) is 82.9 Å². The van der Waals surface area contributed by atoms with Crippen LogP contribution in [0.5, 0.6) is 0 Å². The summed E-state index contributed by atoms with van der Waals surface area (Å²) in [5, 5.41) is 7.95. The maximum Gasteiger partial charge on any atom is 0.0317 e. The topological polar surface area (TPSA) is 0 Å². The molecule has 46 heavy (non-hydrogen) atoms. The van der Waals surface area contributed by atoms with Crippen molar-refractivity contribution in [1.29, 1.82) is 0 Å². The van der Waals surface area contributed by atoms with E-state index in [4.69, 9.17) is 0 Å². The van der Waals surface area contributed by atoms with Gasteiger partial charge in [-0.05, 0) is 119 Å². The number of allylic oxidation sites excluding steroid dienone is 1. The summed E-state index contributed by atoms with van der Waals surface area (Å²) in [6, 6.07) is 56.5. The Bertz CT molecular complexity index is 2540. The van der Waals surface area contributed by atoms with Crippen molar-refractivity contribution < 1.29 is 0 Å². The predicted octanol–water partition coefficient (Wildman–Crippen LogP) is 12.7. The minimum atomic E-state index is 0.240. The van der Waals surface area contributed by atoms with E-state index in [-0.39, 0.29) is 5.92 Å². The third-order valence-electron chi connectivity index (χ3n) is 10.4. The highest BCUT2D eigenvalue weighted by molar-refractivity contribution is 6.18. The summed E-state index contributed by atoms with van der Waals surface area (Å²) < 4.78 is 0.